The third-order valence-electron chi connectivity index (χ3n) is 5.88. The molecule has 0 bridgehead atoms. The number of hydrogen-bond donors (Lipinski definition) is 1. The molecule has 1 N–H and O–H groups in total. The summed E-state index contributed by atoms with van der Waals surface area (Å²) in [4.78, 5) is 17.5. The van der Waals surface area contributed by atoms with Gasteiger partial charge in [-0.3, -0.25) is 14.5 Å². The zero-order valence-corrected chi connectivity index (χ0v) is 19.6. The molecular formula is C27H20N4O3S. The molecule has 172 valence electrons. The first kappa shape index (κ1) is 22.3. The number of nitriles is 1. The van der Waals surface area contributed by atoms with Crippen LogP contribution in [0.5, 0.6) is 0 Å². The lowest BCUT2D eigenvalue weighted by Gasteiger charge is -2.10. The lowest BCUT2D eigenvalue weighted by Crippen LogP contribution is -2.13. The Morgan fingerprint density at radius 3 is 2.60 bits per heavy atom. The van der Waals surface area contributed by atoms with E-state index in [0.29, 0.717) is 27.7 Å². The minimum Gasteiger partial charge on any atom is -0.350 e. The number of benzene rings is 3. The first-order valence-electron chi connectivity index (χ1n) is 10.8. The van der Waals surface area contributed by atoms with Crippen LogP contribution in [-0.4, -0.2) is 23.8 Å². The van der Waals surface area contributed by atoms with Crippen molar-refractivity contribution < 1.29 is 13.2 Å². The molecule has 0 radical (unpaired) electrons. The number of sulfonamides is 1. The van der Waals surface area contributed by atoms with Gasteiger partial charge < -0.3 is 4.57 Å². The molecule has 5 aromatic rings. The molecule has 0 saturated heterocycles. The topological polar surface area (TPSA) is 105 Å². The van der Waals surface area contributed by atoms with Gasteiger partial charge in [0.1, 0.15) is 4.90 Å². The van der Waals surface area contributed by atoms with Crippen LogP contribution in [0.25, 0.3) is 21.8 Å². The minimum atomic E-state index is -3.92. The molecule has 5 rings (SSSR count). The molecule has 0 fully saturated rings. The number of hydrogen-bond acceptors (Lipinski definition) is 5. The monoisotopic (exact) mass is 480 g/mol. The van der Waals surface area contributed by atoms with Crippen molar-refractivity contribution in [3.63, 3.8) is 0 Å². The van der Waals surface area contributed by atoms with Crippen LogP contribution in [0.3, 0.4) is 0 Å². The molecule has 35 heavy (non-hydrogen) atoms. The third kappa shape index (κ3) is 4.25. The van der Waals surface area contributed by atoms with E-state index in [4.69, 9.17) is 5.26 Å². The fraction of sp³-hybridized carbons (Fsp3) is 0.0741. The predicted molar refractivity (Wildman–Crippen MR) is 135 cm³/mol. The van der Waals surface area contributed by atoms with Crippen LogP contribution in [0.4, 0.5) is 5.69 Å². The lowest BCUT2D eigenvalue weighted by molar-refractivity contribution is 0.0994. The molecule has 0 aliphatic heterocycles. The van der Waals surface area contributed by atoms with Gasteiger partial charge in [-0.2, -0.15) is 5.26 Å². The van der Waals surface area contributed by atoms with Crippen LogP contribution >= 0.6 is 0 Å². The van der Waals surface area contributed by atoms with E-state index >= 15 is 0 Å². The molecule has 0 unspecified atom stereocenters. The lowest BCUT2D eigenvalue weighted by atomic mass is 10.0. The summed E-state index contributed by atoms with van der Waals surface area (Å²) in [5.41, 5.74) is 3.38. The Kier molecular flexibility index (Phi) is 5.55. The minimum absolute atomic E-state index is 0.0841. The fourth-order valence-corrected chi connectivity index (χ4v) is 5.39. The van der Waals surface area contributed by atoms with Crippen molar-refractivity contribution >= 4 is 43.3 Å². The van der Waals surface area contributed by atoms with Gasteiger partial charge in [-0.1, -0.05) is 30.3 Å². The Hall–Kier alpha value is -4.48. The van der Waals surface area contributed by atoms with Crippen LogP contribution < -0.4 is 4.72 Å². The number of ketones is 1. The van der Waals surface area contributed by atoms with Crippen LogP contribution in [0.15, 0.2) is 90.1 Å². The van der Waals surface area contributed by atoms with E-state index in [-0.39, 0.29) is 17.1 Å². The molecule has 0 atom stereocenters. The first-order valence-corrected chi connectivity index (χ1v) is 12.3. The Morgan fingerprint density at radius 2 is 1.83 bits per heavy atom. The molecule has 2 aromatic heterocycles. The van der Waals surface area contributed by atoms with Crippen molar-refractivity contribution in [1.82, 2.24) is 9.55 Å². The number of carbonyl (C=O) groups is 1. The second-order valence-electron chi connectivity index (χ2n) is 8.23. The van der Waals surface area contributed by atoms with Gasteiger partial charge in [0.2, 0.25) is 0 Å². The van der Waals surface area contributed by atoms with Crippen LogP contribution in [0.1, 0.15) is 21.5 Å². The summed E-state index contributed by atoms with van der Waals surface area (Å²) in [6.07, 6.45) is 3.48. The molecule has 0 amide bonds. The van der Waals surface area contributed by atoms with Crippen molar-refractivity contribution in [3.05, 3.63) is 102 Å². The number of carbonyl (C=O) groups excluding carboxylic acids is 1. The molecule has 0 saturated carbocycles. The zero-order chi connectivity index (χ0) is 24.6. The maximum Gasteiger partial charge on any atom is 0.264 e. The van der Waals surface area contributed by atoms with Gasteiger partial charge in [0, 0.05) is 53.4 Å². The van der Waals surface area contributed by atoms with E-state index < -0.39 is 10.0 Å². The highest BCUT2D eigenvalue weighted by Crippen LogP contribution is 2.28. The molecule has 2 heterocycles. The maximum atomic E-state index is 13.2. The summed E-state index contributed by atoms with van der Waals surface area (Å²) in [6.45, 7) is 0. The summed E-state index contributed by atoms with van der Waals surface area (Å²) >= 11 is 0. The van der Waals surface area contributed by atoms with Gasteiger partial charge in [-0.25, -0.2) is 8.42 Å². The zero-order valence-electron chi connectivity index (χ0n) is 18.8. The number of Topliss-reactive ketones (excluding diaryl/α,β-unsaturated/α-hetero) is 1. The van der Waals surface area contributed by atoms with Crippen LogP contribution in [0.2, 0.25) is 0 Å². The fourth-order valence-electron chi connectivity index (χ4n) is 4.16. The van der Waals surface area contributed by atoms with Crippen molar-refractivity contribution in [2.75, 3.05) is 4.72 Å². The standard InChI is InChI=1S/C27H20N4O3S/c1-31-17-23(25(32)14-18-7-9-19(16-28)10-8-18)22-15-21(11-12-24(22)31)30-35(33,34)26-6-2-4-20-5-3-13-29-27(20)26/h2-13,15,17,30H,14H2,1H3. The summed E-state index contributed by atoms with van der Waals surface area (Å²) in [6, 6.07) is 22.7. The number of aryl methyl sites for hydroxylation is 1. The number of anilines is 1. The van der Waals surface area contributed by atoms with Crippen LogP contribution in [-0.2, 0) is 23.5 Å². The molecule has 0 spiro atoms. The van der Waals surface area contributed by atoms with Gasteiger partial charge in [-0.05, 0) is 48.0 Å². The third-order valence-corrected chi connectivity index (χ3v) is 7.29. The highest BCUT2D eigenvalue weighted by atomic mass is 32.2. The average Bonchev–Trinajstić information content (AvgIpc) is 3.19. The normalized spacial score (nSPS) is 11.4. The predicted octanol–water partition coefficient (Wildman–Crippen LogP) is 4.82. The van der Waals surface area contributed by atoms with Crippen molar-refractivity contribution in [1.29, 1.82) is 5.26 Å². The number of fused-ring (bicyclic) bond motifs is 2. The van der Waals surface area contributed by atoms with Gasteiger partial charge in [0.15, 0.2) is 5.78 Å². The Labute approximate surface area is 202 Å². The SMILES string of the molecule is Cn1cc(C(=O)Cc2ccc(C#N)cc2)c2cc(NS(=O)(=O)c3cccc4cccnc34)ccc21. The average molecular weight is 481 g/mol. The smallest absolute Gasteiger partial charge is 0.264 e. The van der Waals surface area contributed by atoms with Gasteiger partial charge in [-0.15, -0.1) is 0 Å². The molecule has 8 heteroatoms. The number of nitrogens with zero attached hydrogens (tertiary/aromatic N) is 3. The first-order chi connectivity index (χ1) is 16.9. The summed E-state index contributed by atoms with van der Waals surface area (Å²) in [5.74, 6) is -0.0985. The van der Waals surface area contributed by atoms with E-state index in [9.17, 15) is 13.2 Å². The van der Waals surface area contributed by atoms with E-state index in [0.717, 1.165) is 16.5 Å². The number of para-hydroxylation sites is 1. The van der Waals surface area contributed by atoms with Crippen molar-refractivity contribution in [2.45, 2.75) is 11.3 Å². The Morgan fingerprint density at radius 1 is 1.06 bits per heavy atom. The highest BCUT2D eigenvalue weighted by Gasteiger charge is 2.20. The van der Waals surface area contributed by atoms with E-state index in [1.807, 2.05) is 23.7 Å². The van der Waals surface area contributed by atoms with Gasteiger partial charge in [0.05, 0.1) is 17.1 Å². The van der Waals surface area contributed by atoms with E-state index in [1.165, 1.54) is 6.07 Å². The van der Waals surface area contributed by atoms with Gasteiger partial charge in [0.25, 0.3) is 10.0 Å². The summed E-state index contributed by atoms with van der Waals surface area (Å²) in [7, 11) is -2.08. The number of pyridine rings is 1. The van der Waals surface area contributed by atoms with E-state index in [2.05, 4.69) is 15.8 Å². The van der Waals surface area contributed by atoms with Crippen molar-refractivity contribution in [2.24, 2.45) is 7.05 Å². The van der Waals surface area contributed by atoms with Crippen molar-refractivity contribution in [3.8, 4) is 6.07 Å². The molecule has 0 aliphatic rings. The molecular weight excluding hydrogens is 460 g/mol. The van der Waals surface area contributed by atoms with Gasteiger partial charge >= 0.3 is 0 Å². The number of nitrogens with one attached hydrogen (secondary N) is 1. The van der Waals surface area contributed by atoms with Crippen LogP contribution in [0, 0.1) is 11.3 Å². The highest BCUT2D eigenvalue weighted by molar-refractivity contribution is 7.93. The number of aromatic nitrogens is 2. The maximum absolute atomic E-state index is 13.2. The Balaban J connectivity index is 1.49. The van der Waals surface area contributed by atoms with E-state index in [1.54, 1.807) is 67.0 Å². The summed E-state index contributed by atoms with van der Waals surface area (Å²) in [5, 5.41) is 10.4. The Bertz CT molecular complexity index is 1740. The quantitative estimate of drug-likeness (QED) is 0.351. The summed E-state index contributed by atoms with van der Waals surface area (Å²) < 4.78 is 30.9. The second-order valence-corrected chi connectivity index (χ2v) is 9.88. The second kappa shape index (κ2) is 8.70. The number of rotatable bonds is 6. The molecule has 7 nitrogen and oxygen atoms in total. The molecule has 0 aliphatic carbocycles. The largest absolute Gasteiger partial charge is 0.350 e. The molecule has 3 aromatic carbocycles.